The van der Waals surface area contributed by atoms with Crippen LogP contribution < -0.4 is 5.73 Å². The Morgan fingerprint density at radius 1 is 1.03 bits per heavy atom. The van der Waals surface area contributed by atoms with Gasteiger partial charge in [-0.1, -0.05) is 60.7 Å². The Morgan fingerprint density at radius 3 is 2.21 bits per heavy atom. The fraction of sp³-hybridized carbons (Fsp3) is 0.292. The van der Waals surface area contributed by atoms with E-state index in [1.165, 1.54) is 10.9 Å². The first-order chi connectivity index (χ1) is 16.4. The molecule has 2 aromatic carbocycles. The van der Waals surface area contributed by atoms with E-state index in [4.69, 9.17) is 22.1 Å². The van der Waals surface area contributed by atoms with E-state index >= 15 is 0 Å². The van der Waals surface area contributed by atoms with E-state index in [0.29, 0.717) is 0 Å². The first-order valence-electron chi connectivity index (χ1n) is 10.9. The highest BCUT2D eigenvalue weighted by atomic mass is 35.5. The largest absolute Gasteiger partial charge is 0.394 e. The number of aliphatic hydroxyl groups excluding tert-OH is 3. The first kappa shape index (κ1) is 22.7. The molecule has 2 aromatic heterocycles. The summed E-state index contributed by atoms with van der Waals surface area (Å²) in [5, 5.41) is 31.9. The van der Waals surface area contributed by atoms with Crippen LogP contribution >= 0.6 is 11.6 Å². The number of anilines is 1. The van der Waals surface area contributed by atoms with Crippen molar-refractivity contribution in [2.75, 3.05) is 12.3 Å². The third-order valence-corrected chi connectivity index (χ3v) is 6.58. The maximum absolute atomic E-state index is 11.4. The number of nitrogens with zero attached hydrogens (tertiary/aromatic N) is 4. The van der Waals surface area contributed by atoms with Crippen LogP contribution in [0.25, 0.3) is 11.2 Å². The van der Waals surface area contributed by atoms with Gasteiger partial charge in [0.15, 0.2) is 17.2 Å². The lowest BCUT2D eigenvalue weighted by atomic mass is 9.82. The van der Waals surface area contributed by atoms with E-state index in [9.17, 15) is 15.3 Å². The van der Waals surface area contributed by atoms with Crippen molar-refractivity contribution in [3.05, 3.63) is 83.4 Å². The van der Waals surface area contributed by atoms with Gasteiger partial charge >= 0.3 is 0 Å². The van der Waals surface area contributed by atoms with Crippen molar-refractivity contribution in [1.82, 2.24) is 19.5 Å². The van der Waals surface area contributed by atoms with Gasteiger partial charge in [-0.05, 0) is 22.7 Å². The second kappa shape index (κ2) is 8.94. The molecule has 3 heterocycles. The van der Waals surface area contributed by atoms with Crippen LogP contribution in [-0.4, -0.2) is 59.8 Å². The lowest BCUT2D eigenvalue weighted by Crippen LogP contribution is -2.46. The summed E-state index contributed by atoms with van der Waals surface area (Å²) in [5.74, 6) is -0.160. The highest BCUT2D eigenvalue weighted by molar-refractivity contribution is 6.28. The molecule has 4 atom stereocenters. The summed E-state index contributed by atoms with van der Waals surface area (Å²) in [6.45, 7) is -0.480. The zero-order chi connectivity index (χ0) is 23.9. The molecular formula is C24H24ClN5O4. The molecule has 0 unspecified atom stereocenters. The number of ether oxygens (including phenoxy) is 1. The Bertz CT molecular complexity index is 1250. The average molecular weight is 482 g/mol. The van der Waals surface area contributed by atoms with Crippen LogP contribution in [0.1, 0.15) is 23.5 Å². The second-order valence-electron chi connectivity index (χ2n) is 8.36. The van der Waals surface area contributed by atoms with Crippen molar-refractivity contribution in [3.8, 4) is 0 Å². The van der Waals surface area contributed by atoms with Crippen LogP contribution in [0.5, 0.6) is 0 Å². The molecule has 1 aliphatic rings. The van der Waals surface area contributed by atoms with Gasteiger partial charge in [0.2, 0.25) is 5.28 Å². The van der Waals surface area contributed by atoms with Crippen LogP contribution in [-0.2, 0) is 10.5 Å². The summed E-state index contributed by atoms with van der Waals surface area (Å²) >= 11 is 6.09. The molecule has 0 spiro atoms. The molecule has 1 aliphatic heterocycles. The predicted molar refractivity (Wildman–Crippen MR) is 126 cm³/mol. The summed E-state index contributed by atoms with van der Waals surface area (Å²) in [5.41, 5.74) is 6.99. The number of hydrogen-bond donors (Lipinski definition) is 4. The molecule has 5 rings (SSSR count). The molecule has 34 heavy (non-hydrogen) atoms. The highest BCUT2D eigenvalue weighted by Gasteiger charge is 2.57. The standard InChI is InChI=1S/C24H24ClN5O4/c25-23-28-21(26)18-22(29-23)30(13-27-18)24(20(33)19(32)17(12-31)34-24)11-16(14-7-3-1-4-8-14)15-9-5-2-6-10-15/h1-10,13,16-17,19-20,31-33H,11-12H2,(H2,26,28,29)/t17-,19-,20-,24-/m1/s1. The molecule has 0 radical (unpaired) electrons. The van der Waals surface area contributed by atoms with Crippen LogP contribution in [0.3, 0.4) is 0 Å². The fourth-order valence-corrected chi connectivity index (χ4v) is 4.92. The number of hydrogen-bond acceptors (Lipinski definition) is 8. The number of benzene rings is 2. The number of halogens is 1. The van der Waals surface area contributed by atoms with Gasteiger partial charge < -0.3 is 25.8 Å². The van der Waals surface area contributed by atoms with Crippen molar-refractivity contribution in [1.29, 1.82) is 0 Å². The van der Waals surface area contributed by atoms with E-state index in [1.807, 2.05) is 60.7 Å². The number of fused-ring (bicyclic) bond motifs is 1. The second-order valence-corrected chi connectivity index (χ2v) is 8.70. The zero-order valence-electron chi connectivity index (χ0n) is 18.1. The molecule has 0 bridgehead atoms. The predicted octanol–water partition coefficient (Wildman–Crippen LogP) is 2.05. The Hall–Kier alpha value is -3.08. The normalized spacial score (nSPS) is 24.8. The minimum atomic E-state index is -1.54. The fourth-order valence-electron chi connectivity index (χ4n) is 4.75. The van der Waals surface area contributed by atoms with Crippen LogP contribution in [0.4, 0.5) is 5.82 Å². The molecule has 0 saturated carbocycles. The van der Waals surface area contributed by atoms with Gasteiger partial charge in [0.25, 0.3) is 0 Å². The van der Waals surface area contributed by atoms with Gasteiger partial charge in [0.05, 0.1) is 12.9 Å². The third-order valence-electron chi connectivity index (χ3n) is 6.41. The van der Waals surface area contributed by atoms with Crippen molar-refractivity contribution in [2.24, 2.45) is 0 Å². The van der Waals surface area contributed by atoms with Crippen molar-refractivity contribution in [3.63, 3.8) is 0 Å². The summed E-state index contributed by atoms with van der Waals surface area (Å²) in [4.78, 5) is 12.6. The maximum Gasteiger partial charge on any atom is 0.226 e. The van der Waals surface area contributed by atoms with Gasteiger partial charge in [-0.25, -0.2) is 4.98 Å². The molecule has 5 N–H and O–H groups in total. The third kappa shape index (κ3) is 3.71. The summed E-state index contributed by atoms with van der Waals surface area (Å²) < 4.78 is 7.79. The SMILES string of the molecule is Nc1nc(Cl)nc2c1ncn2[C@]1(CC(c2ccccc2)c2ccccc2)O[C@H](CO)[C@@H](O)[C@H]1O. The lowest BCUT2D eigenvalue weighted by molar-refractivity contribution is -0.152. The van der Waals surface area contributed by atoms with Crippen LogP contribution in [0.2, 0.25) is 5.28 Å². The van der Waals surface area contributed by atoms with E-state index in [2.05, 4.69) is 15.0 Å². The molecule has 1 saturated heterocycles. The smallest absolute Gasteiger partial charge is 0.226 e. The molecule has 176 valence electrons. The minimum absolute atomic E-state index is 0.0818. The van der Waals surface area contributed by atoms with E-state index in [0.717, 1.165) is 11.1 Å². The van der Waals surface area contributed by atoms with Crippen molar-refractivity contribution < 1.29 is 20.1 Å². The van der Waals surface area contributed by atoms with Crippen LogP contribution in [0.15, 0.2) is 67.0 Å². The number of nitrogen functional groups attached to an aromatic ring is 1. The summed E-state index contributed by atoms with van der Waals surface area (Å²) in [7, 11) is 0. The number of rotatable bonds is 6. The Balaban J connectivity index is 1.72. The van der Waals surface area contributed by atoms with Crippen molar-refractivity contribution in [2.45, 2.75) is 36.4 Å². The summed E-state index contributed by atoms with van der Waals surface area (Å²) in [6, 6.07) is 19.6. The molecule has 1 fully saturated rings. The Kier molecular flexibility index (Phi) is 5.97. The number of imidazole rings is 1. The molecule has 4 aromatic rings. The molecule has 0 amide bonds. The zero-order valence-corrected chi connectivity index (χ0v) is 18.8. The highest BCUT2D eigenvalue weighted by Crippen LogP contribution is 2.46. The lowest BCUT2D eigenvalue weighted by Gasteiger charge is -2.37. The molecule has 9 nitrogen and oxygen atoms in total. The maximum atomic E-state index is 11.4. The van der Waals surface area contributed by atoms with E-state index in [-0.39, 0.29) is 34.6 Å². The van der Waals surface area contributed by atoms with Gasteiger partial charge in [-0.3, -0.25) is 4.57 Å². The Morgan fingerprint density at radius 2 is 1.65 bits per heavy atom. The number of aromatic nitrogens is 4. The molecule has 0 aliphatic carbocycles. The quantitative estimate of drug-likeness (QED) is 0.307. The topological polar surface area (TPSA) is 140 Å². The van der Waals surface area contributed by atoms with Gasteiger partial charge in [-0.2, -0.15) is 9.97 Å². The first-order valence-corrected chi connectivity index (χ1v) is 11.2. The number of nitrogens with two attached hydrogens (primary N) is 1. The van der Waals surface area contributed by atoms with E-state index in [1.54, 1.807) is 0 Å². The minimum Gasteiger partial charge on any atom is -0.394 e. The Labute approximate surface area is 200 Å². The van der Waals surface area contributed by atoms with Gasteiger partial charge in [0.1, 0.15) is 23.8 Å². The molecule has 10 heteroatoms. The average Bonchev–Trinajstić information content (AvgIpc) is 3.39. The van der Waals surface area contributed by atoms with Gasteiger partial charge in [0, 0.05) is 12.3 Å². The van der Waals surface area contributed by atoms with E-state index < -0.39 is 30.6 Å². The van der Waals surface area contributed by atoms with Crippen LogP contribution in [0, 0.1) is 0 Å². The number of aliphatic hydroxyl groups is 3. The van der Waals surface area contributed by atoms with Gasteiger partial charge in [-0.15, -0.1) is 0 Å². The van der Waals surface area contributed by atoms with Crippen molar-refractivity contribution >= 4 is 28.6 Å². The molecular weight excluding hydrogens is 458 g/mol. The summed E-state index contributed by atoms with van der Waals surface area (Å²) in [6.07, 6.45) is -2.14. The monoisotopic (exact) mass is 481 g/mol.